The number of anilines is 2. The highest BCUT2D eigenvalue weighted by atomic mass is 32.2. The number of sulfonamides is 1. The van der Waals surface area contributed by atoms with Gasteiger partial charge in [-0.25, -0.2) is 8.42 Å². The van der Waals surface area contributed by atoms with Crippen molar-refractivity contribution in [3.05, 3.63) is 24.3 Å². The maximum Gasteiger partial charge on any atom is 0.232 e. The summed E-state index contributed by atoms with van der Waals surface area (Å²) in [6.45, 7) is 4.54. The second kappa shape index (κ2) is 5.21. The van der Waals surface area contributed by atoms with Crippen LogP contribution in [0.15, 0.2) is 24.3 Å². The van der Waals surface area contributed by atoms with E-state index in [2.05, 4.69) is 4.72 Å². The molecule has 0 bridgehead atoms. The van der Waals surface area contributed by atoms with Crippen molar-refractivity contribution >= 4 is 21.4 Å². The van der Waals surface area contributed by atoms with Crippen LogP contribution in [0.25, 0.3) is 0 Å². The first-order valence-electron chi connectivity index (χ1n) is 5.30. The van der Waals surface area contributed by atoms with E-state index in [1.54, 1.807) is 13.0 Å². The van der Waals surface area contributed by atoms with E-state index in [-0.39, 0.29) is 5.75 Å². The van der Waals surface area contributed by atoms with Gasteiger partial charge in [0.05, 0.1) is 11.4 Å². The number of nitrogens with zero attached hydrogens (tertiary/aromatic N) is 1. The summed E-state index contributed by atoms with van der Waals surface area (Å²) in [6.07, 6.45) is 0. The topological polar surface area (TPSA) is 49.4 Å². The summed E-state index contributed by atoms with van der Waals surface area (Å²) in [5.41, 5.74) is 1.61. The minimum Gasteiger partial charge on any atom is -0.375 e. The van der Waals surface area contributed by atoms with Gasteiger partial charge in [-0.1, -0.05) is 6.07 Å². The lowest BCUT2D eigenvalue weighted by atomic mass is 10.2. The van der Waals surface area contributed by atoms with E-state index in [1.165, 1.54) is 0 Å². The molecule has 1 N–H and O–H groups in total. The summed E-state index contributed by atoms with van der Waals surface area (Å²) >= 11 is 0. The molecule has 1 aromatic carbocycles. The third-order valence-electron chi connectivity index (χ3n) is 2.41. The van der Waals surface area contributed by atoms with Gasteiger partial charge in [0.1, 0.15) is 0 Å². The minimum atomic E-state index is -3.19. The van der Waals surface area contributed by atoms with Crippen LogP contribution in [0.1, 0.15) is 13.8 Å². The molecule has 5 heteroatoms. The molecule has 0 radical (unpaired) electrons. The van der Waals surface area contributed by atoms with E-state index < -0.39 is 10.0 Å². The molecule has 0 heterocycles. The summed E-state index contributed by atoms with van der Waals surface area (Å²) in [4.78, 5) is 2.05. The minimum absolute atomic E-state index is 0.0842. The summed E-state index contributed by atoms with van der Waals surface area (Å²) in [7, 11) is -1.22. The fraction of sp³-hybridized carbons (Fsp3) is 0.455. The van der Waals surface area contributed by atoms with Gasteiger partial charge < -0.3 is 4.90 Å². The first kappa shape index (κ1) is 12.8. The Morgan fingerprint density at radius 3 is 2.56 bits per heavy atom. The fourth-order valence-electron chi connectivity index (χ4n) is 1.24. The van der Waals surface area contributed by atoms with Crippen LogP contribution in [-0.2, 0) is 10.0 Å². The number of hydrogen-bond donors (Lipinski definition) is 1. The molecule has 90 valence electrons. The van der Waals surface area contributed by atoms with Crippen LogP contribution in [0.2, 0.25) is 0 Å². The monoisotopic (exact) mass is 242 g/mol. The maximum absolute atomic E-state index is 11.4. The largest absolute Gasteiger partial charge is 0.375 e. The van der Waals surface area contributed by atoms with Gasteiger partial charge in [0.2, 0.25) is 10.0 Å². The van der Waals surface area contributed by atoms with Gasteiger partial charge in [0, 0.05) is 19.3 Å². The first-order chi connectivity index (χ1) is 7.48. The zero-order chi connectivity index (χ0) is 12.2. The molecule has 0 atom stereocenters. The average Bonchev–Trinajstić information content (AvgIpc) is 2.28. The van der Waals surface area contributed by atoms with Gasteiger partial charge in [0.25, 0.3) is 0 Å². The predicted octanol–water partition coefficient (Wildman–Crippen LogP) is 1.90. The molecule has 0 saturated carbocycles. The van der Waals surface area contributed by atoms with E-state index in [0.29, 0.717) is 5.69 Å². The van der Waals surface area contributed by atoms with Crippen LogP contribution in [0.4, 0.5) is 11.4 Å². The molecular formula is C11H18N2O2S. The summed E-state index contributed by atoms with van der Waals surface area (Å²) < 4.78 is 25.3. The van der Waals surface area contributed by atoms with Gasteiger partial charge in [-0.3, -0.25) is 4.72 Å². The zero-order valence-corrected chi connectivity index (χ0v) is 10.7. The van der Waals surface area contributed by atoms with E-state index in [0.717, 1.165) is 12.2 Å². The van der Waals surface area contributed by atoms with Crippen LogP contribution >= 0.6 is 0 Å². The molecule has 0 spiro atoms. The quantitative estimate of drug-likeness (QED) is 0.858. The maximum atomic E-state index is 11.4. The molecule has 1 aromatic rings. The van der Waals surface area contributed by atoms with Crippen molar-refractivity contribution in [1.82, 2.24) is 0 Å². The summed E-state index contributed by atoms with van der Waals surface area (Å²) in [5.74, 6) is 0.0842. The molecule has 0 fully saturated rings. The molecular weight excluding hydrogens is 224 g/mol. The van der Waals surface area contributed by atoms with Gasteiger partial charge in [-0.05, 0) is 32.0 Å². The lowest BCUT2D eigenvalue weighted by molar-refractivity contribution is 0.602. The molecule has 0 aliphatic carbocycles. The number of hydrogen-bond acceptors (Lipinski definition) is 3. The highest BCUT2D eigenvalue weighted by Gasteiger charge is 2.07. The van der Waals surface area contributed by atoms with E-state index in [1.807, 2.05) is 37.1 Å². The van der Waals surface area contributed by atoms with Crippen molar-refractivity contribution in [2.24, 2.45) is 0 Å². The summed E-state index contributed by atoms with van der Waals surface area (Å²) in [6, 6.07) is 7.37. The SMILES string of the molecule is CCN(C)c1cccc(NS(=O)(=O)CC)c1. The number of rotatable bonds is 5. The van der Waals surface area contributed by atoms with E-state index in [9.17, 15) is 8.42 Å². The molecule has 0 unspecified atom stereocenters. The van der Waals surface area contributed by atoms with Crippen LogP contribution in [0, 0.1) is 0 Å². The highest BCUT2D eigenvalue weighted by molar-refractivity contribution is 7.92. The van der Waals surface area contributed by atoms with Crippen LogP contribution < -0.4 is 9.62 Å². The first-order valence-corrected chi connectivity index (χ1v) is 6.95. The molecule has 1 rings (SSSR count). The Kier molecular flexibility index (Phi) is 4.18. The van der Waals surface area contributed by atoms with Crippen molar-refractivity contribution < 1.29 is 8.42 Å². The van der Waals surface area contributed by atoms with Crippen molar-refractivity contribution in [2.75, 3.05) is 29.0 Å². The Hall–Kier alpha value is -1.23. The van der Waals surface area contributed by atoms with Gasteiger partial charge >= 0.3 is 0 Å². The summed E-state index contributed by atoms with van der Waals surface area (Å²) in [5, 5.41) is 0. The average molecular weight is 242 g/mol. The molecule has 0 aliphatic heterocycles. The Morgan fingerprint density at radius 1 is 1.31 bits per heavy atom. The molecule has 0 saturated heterocycles. The second-order valence-electron chi connectivity index (χ2n) is 3.57. The van der Waals surface area contributed by atoms with Crippen molar-refractivity contribution in [1.29, 1.82) is 0 Å². The standard InChI is InChI=1S/C11H18N2O2S/c1-4-13(3)11-8-6-7-10(9-11)12-16(14,15)5-2/h6-9,12H,4-5H2,1-3H3. The van der Waals surface area contributed by atoms with Crippen LogP contribution in [0.3, 0.4) is 0 Å². The predicted molar refractivity (Wildman–Crippen MR) is 68.5 cm³/mol. The third kappa shape index (κ3) is 3.41. The smallest absolute Gasteiger partial charge is 0.232 e. The fourth-order valence-corrected chi connectivity index (χ4v) is 1.87. The zero-order valence-electron chi connectivity index (χ0n) is 9.90. The number of nitrogens with one attached hydrogen (secondary N) is 1. The molecule has 0 aliphatic rings. The molecule has 4 nitrogen and oxygen atoms in total. The molecule has 0 amide bonds. The van der Waals surface area contributed by atoms with Gasteiger partial charge in [0.15, 0.2) is 0 Å². The van der Waals surface area contributed by atoms with Gasteiger partial charge in [-0.15, -0.1) is 0 Å². The Balaban J connectivity index is 2.91. The van der Waals surface area contributed by atoms with Crippen molar-refractivity contribution in [3.63, 3.8) is 0 Å². The normalized spacial score (nSPS) is 11.2. The lowest BCUT2D eigenvalue weighted by Crippen LogP contribution is -2.17. The number of benzene rings is 1. The van der Waals surface area contributed by atoms with E-state index in [4.69, 9.17) is 0 Å². The molecule has 16 heavy (non-hydrogen) atoms. The van der Waals surface area contributed by atoms with Crippen molar-refractivity contribution in [3.8, 4) is 0 Å². The van der Waals surface area contributed by atoms with E-state index >= 15 is 0 Å². The Morgan fingerprint density at radius 2 is 2.00 bits per heavy atom. The molecule has 0 aromatic heterocycles. The third-order valence-corrected chi connectivity index (χ3v) is 3.72. The van der Waals surface area contributed by atoms with Crippen LogP contribution in [-0.4, -0.2) is 27.8 Å². The second-order valence-corrected chi connectivity index (χ2v) is 5.58. The Bertz CT molecular complexity index is 443. The Labute approximate surface area is 97.3 Å². The van der Waals surface area contributed by atoms with Gasteiger partial charge in [-0.2, -0.15) is 0 Å². The lowest BCUT2D eigenvalue weighted by Gasteiger charge is -2.17. The highest BCUT2D eigenvalue weighted by Crippen LogP contribution is 2.19. The van der Waals surface area contributed by atoms with Crippen LogP contribution in [0.5, 0.6) is 0 Å². The van der Waals surface area contributed by atoms with Crippen molar-refractivity contribution in [2.45, 2.75) is 13.8 Å².